The molecule has 1 aliphatic heterocycles. The van der Waals surface area contributed by atoms with Crippen LogP contribution < -0.4 is 5.32 Å². The molecule has 0 aromatic heterocycles. The molecule has 1 aliphatic rings. The second-order valence-electron chi connectivity index (χ2n) is 4.61. The summed E-state index contributed by atoms with van der Waals surface area (Å²) >= 11 is 0. The van der Waals surface area contributed by atoms with Crippen LogP contribution in [-0.2, 0) is 9.84 Å². The van der Waals surface area contributed by atoms with Crippen molar-refractivity contribution in [2.45, 2.75) is 44.0 Å². The molecule has 1 rings (SSSR count). The first-order valence-electron chi connectivity index (χ1n) is 5.52. The Morgan fingerprint density at radius 1 is 1.53 bits per heavy atom. The van der Waals surface area contributed by atoms with Crippen molar-refractivity contribution >= 4 is 9.84 Å². The van der Waals surface area contributed by atoms with E-state index in [0.29, 0.717) is 25.3 Å². The van der Waals surface area contributed by atoms with E-state index < -0.39 is 15.4 Å². The predicted molar refractivity (Wildman–Crippen MR) is 60.6 cm³/mol. The van der Waals surface area contributed by atoms with Crippen LogP contribution in [-0.4, -0.2) is 43.2 Å². The van der Waals surface area contributed by atoms with Crippen molar-refractivity contribution in [2.24, 2.45) is 0 Å². The van der Waals surface area contributed by atoms with Gasteiger partial charge >= 0.3 is 0 Å². The predicted octanol–water partition coefficient (Wildman–Crippen LogP) is 0.314. The van der Waals surface area contributed by atoms with Gasteiger partial charge in [-0.05, 0) is 26.2 Å². The van der Waals surface area contributed by atoms with Gasteiger partial charge in [-0.2, -0.15) is 0 Å². The first-order valence-corrected chi connectivity index (χ1v) is 7.23. The minimum atomic E-state index is -2.86. The molecule has 5 heteroatoms. The number of hydrogen-bond acceptors (Lipinski definition) is 4. The monoisotopic (exact) mass is 235 g/mol. The van der Waals surface area contributed by atoms with Crippen molar-refractivity contribution < 1.29 is 13.5 Å². The van der Waals surface area contributed by atoms with Crippen LogP contribution >= 0.6 is 0 Å². The van der Waals surface area contributed by atoms with Gasteiger partial charge in [-0.15, -0.1) is 0 Å². The average Bonchev–Trinajstić information content (AvgIpc) is 2.46. The summed E-state index contributed by atoms with van der Waals surface area (Å²) in [6.45, 7) is 4.59. The number of rotatable bonds is 5. The van der Waals surface area contributed by atoms with Crippen LogP contribution in [0.3, 0.4) is 0 Å². The Bertz CT molecular complexity index is 298. The zero-order chi connectivity index (χ0) is 11.5. The van der Waals surface area contributed by atoms with Crippen LogP contribution in [0.1, 0.15) is 33.1 Å². The summed E-state index contributed by atoms with van der Waals surface area (Å²) in [4.78, 5) is 0. The Labute approximate surface area is 92.0 Å². The van der Waals surface area contributed by atoms with E-state index in [4.69, 9.17) is 0 Å². The minimum absolute atomic E-state index is 0.245. The van der Waals surface area contributed by atoms with Gasteiger partial charge in [0.05, 0.1) is 16.6 Å². The molecular weight excluding hydrogens is 214 g/mol. The van der Waals surface area contributed by atoms with Gasteiger partial charge in [0.25, 0.3) is 0 Å². The summed E-state index contributed by atoms with van der Waals surface area (Å²) < 4.78 is 23.0. The van der Waals surface area contributed by atoms with Crippen LogP contribution in [0.5, 0.6) is 0 Å². The standard InChI is InChI=1S/C10H21NO3S/c1-3-10(2,12)8-11-7-9-5-4-6-15(9,13)14/h9,11-12H,3-8H2,1-2H3. The lowest BCUT2D eigenvalue weighted by atomic mass is 10.0. The van der Waals surface area contributed by atoms with Crippen LogP contribution in [0, 0.1) is 0 Å². The first kappa shape index (κ1) is 12.9. The molecular formula is C10H21NO3S. The van der Waals surface area contributed by atoms with Crippen molar-refractivity contribution in [3.63, 3.8) is 0 Å². The van der Waals surface area contributed by atoms with Gasteiger partial charge < -0.3 is 10.4 Å². The number of sulfone groups is 1. The minimum Gasteiger partial charge on any atom is -0.389 e. The summed E-state index contributed by atoms with van der Waals surface area (Å²) in [6, 6.07) is 0. The maximum atomic E-state index is 11.5. The van der Waals surface area contributed by atoms with Crippen LogP contribution in [0.25, 0.3) is 0 Å². The first-order chi connectivity index (χ1) is 6.87. The van der Waals surface area contributed by atoms with Gasteiger partial charge in [0.15, 0.2) is 9.84 Å². The maximum absolute atomic E-state index is 11.5. The fourth-order valence-electron chi connectivity index (χ4n) is 1.71. The Balaban J connectivity index is 2.33. The molecule has 0 bridgehead atoms. The van der Waals surface area contributed by atoms with E-state index >= 15 is 0 Å². The lowest BCUT2D eigenvalue weighted by Gasteiger charge is -2.22. The third kappa shape index (κ3) is 3.74. The number of nitrogens with one attached hydrogen (secondary N) is 1. The fraction of sp³-hybridized carbons (Fsp3) is 1.00. The number of aliphatic hydroxyl groups is 1. The summed E-state index contributed by atoms with van der Waals surface area (Å²) in [6.07, 6.45) is 2.19. The molecule has 0 radical (unpaired) electrons. The largest absolute Gasteiger partial charge is 0.389 e. The average molecular weight is 235 g/mol. The van der Waals surface area contributed by atoms with Crippen molar-refractivity contribution in [1.29, 1.82) is 0 Å². The zero-order valence-corrected chi connectivity index (χ0v) is 10.3. The molecule has 2 N–H and O–H groups in total. The van der Waals surface area contributed by atoms with E-state index in [1.165, 1.54) is 0 Å². The van der Waals surface area contributed by atoms with E-state index in [9.17, 15) is 13.5 Å². The van der Waals surface area contributed by atoms with Gasteiger partial charge in [0.1, 0.15) is 0 Å². The zero-order valence-electron chi connectivity index (χ0n) is 9.49. The second-order valence-corrected chi connectivity index (χ2v) is 7.01. The van der Waals surface area contributed by atoms with Crippen LogP contribution in [0.2, 0.25) is 0 Å². The lowest BCUT2D eigenvalue weighted by molar-refractivity contribution is 0.0560. The molecule has 1 fully saturated rings. The van der Waals surface area contributed by atoms with E-state index in [2.05, 4.69) is 5.32 Å². The van der Waals surface area contributed by atoms with Gasteiger partial charge in [-0.25, -0.2) is 8.42 Å². The van der Waals surface area contributed by atoms with Crippen molar-refractivity contribution in [2.75, 3.05) is 18.8 Å². The molecule has 2 unspecified atom stereocenters. The Hall–Kier alpha value is -0.130. The van der Waals surface area contributed by atoms with E-state index in [1.807, 2.05) is 6.92 Å². The molecule has 0 aromatic rings. The topological polar surface area (TPSA) is 66.4 Å². The summed E-state index contributed by atoms with van der Waals surface area (Å²) in [5, 5.41) is 12.5. The highest BCUT2D eigenvalue weighted by atomic mass is 32.2. The molecule has 0 saturated carbocycles. The fourth-order valence-corrected chi connectivity index (χ4v) is 3.51. The molecule has 0 spiro atoms. The summed E-state index contributed by atoms with van der Waals surface area (Å²) in [5.41, 5.74) is -0.734. The molecule has 1 heterocycles. The second kappa shape index (κ2) is 4.80. The van der Waals surface area contributed by atoms with Gasteiger partial charge in [0.2, 0.25) is 0 Å². The van der Waals surface area contributed by atoms with E-state index in [0.717, 1.165) is 12.8 Å². The molecule has 0 amide bonds. The molecule has 90 valence electrons. The summed E-state index contributed by atoms with van der Waals surface area (Å²) in [5.74, 6) is 0.323. The number of hydrogen-bond donors (Lipinski definition) is 2. The lowest BCUT2D eigenvalue weighted by Crippen LogP contribution is -2.41. The molecule has 0 aliphatic carbocycles. The Morgan fingerprint density at radius 2 is 2.20 bits per heavy atom. The Morgan fingerprint density at radius 3 is 2.67 bits per heavy atom. The van der Waals surface area contributed by atoms with Crippen molar-refractivity contribution in [3.8, 4) is 0 Å². The molecule has 4 nitrogen and oxygen atoms in total. The smallest absolute Gasteiger partial charge is 0.154 e. The molecule has 15 heavy (non-hydrogen) atoms. The van der Waals surface area contributed by atoms with Crippen molar-refractivity contribution in [3.05, 3.63) is 0 Å². The van der Waals surface area contributed by atoms with Gasteiger partial charge in [-0.1, -0.05) is 6.92 Å². The quantitative estimate of drug-likeness (QED) is 0.720. The normalized spacial score (nSPS) is 28.9. The van der Waals surface area contributed by atoms with E-state index in [1.54, 1.807) is 6.92 Å². The van der Waals surface area contributed by atoms with Gasteiger partial charge in [0, 0.05) is 13.1 Å². The third-order valence-corrected chi connectivity index (χ3v) is 5.38. The summed E-state index contributed by atoms with van der Waals surface area (Å²) in [7, 11) is -2.86. The van der Waals surface area contributed by atoms with Crippen molar-refractivity contribution in [1.82, 2.24) is 5.32 Å². The molecule has 0 aromatic carbocycles. The highest BCUT2D eigenvalue weighted by Gasteiger charge is 2.31. The highest BCUT2D eigenvalue weighted by Crippen LogP contribution is 2.19. The molecule has 2 atom stereocenters. The van der Waals surface area contributed by atoms with E-state index in [-0.39, 0.29) is 5.25 Å². The highest BCUT2D eigenvalue weighted by molar-refractivity contribution is 7.92. The van der Waals surface area contributed by atoms with Gasteiger partial charge in [-0.3, -0.25) is 0 Å². The Kier molecular flexibility index (Phi) is 4.14. The molecule has 1 saturated heterocycles. The SMILES string of the molecule is CCC(C)(O)CNCC1CCCS1(=O)=O. The van der Waals surface area contributed by atoms with Crippen LogP contribution in [0.4, 0.5) is 0 Å². The van der Waals surface area contributed by atoms with Crippen LogP contribution in [0.15, 0.2) is 0 Å². The third-order valence-electron chi connectivity index (χ3n) is 3.10. The maximum Gasteiger partial charge on any atom is 0.154 e.